The summed E-state index contributed by atoms with van der Waals surface area (Å²) in [5.74, 6) is -0.104. The number of halogens is 1. The minimum absolute atomic E-state index is 0.104. The van der Waals surface area contributed by atoms with E-state index in [-0.39, 0.29) is 30.0 Å². The SMILES string of the molecule is Cc1ccc(Cl)cc1NC(=O)CNC1CC(O)C1(C)C. The Morgan fingerprint density at radius 3 is 2.80 bits per heavy atom. The lowest BCUT2D eigenvalue weighted by molar-refractivity contribution is -0.117. The van der Waals surface area contributed by atoms with Crippen LogP contribution in [0.4, 0.5) is 5.69 Å². The van der Waals surface area contributed by atoms with Crippen LogP contribution in [0.1, 0.15) is 25.8 Å². The molecule has 0 radical (unpaired) electrons. The Labute approximate surface area is 124 Å². The lowest BCUT2D eigenvalue weighted by Gasteiger charge is -2.49. The molecule has 1 aliphatic carbocycles. The number of aryl methyl sites for hydroxylation is 1. The van der Waals surface area contributed by atoms with Crippen molar-refractivity contribution in [3.8, 4) is 0 Å². The molecule has 0 saturated heterocycles. The predicted octanol–water partition coefficient (Wildman–Crippen LogP) is 2.34. The summed E-state index contributed by atoms with van der Waals surface area (Å²) in [6.07, 6.45) is 0.398. The van der Waals surface area contributed by atoms with E-state index >= 15 is 0 Å². The van der Waals surface area contributed by atoms with Gasteiger partial charge in [-0.1, -0.05) is 31.5 Å². The lowest BCUT2D eigenvalue weighted by atomic mass is 9.64. The van der Waals surface area contributed by atoms with E-state index in [0.29, 0.717) is 11.4 Å². The number of aliphatic hydroxyl groups excluding tert-OH is 1. The Kier molecular flexibility index (Phi) is 4.37. The summed E-state index contributed by atoms with van der Waals surface area (Å²) >= 11 is 5.92. The van der Waals surface area contributed by atoms with Gasteiger partial charge in [-0.2, -0.15) is 0 Å². The molecule has 0 aliphatic heterocycles. The maximum absolute atomic E-state index is 11.9. The van der Waals surface area contributed by atoms with Crippen LogP contribution in [0.15, 0.2) is 18.2 Å². The molecule has 4 nitrogen and oxygen atoms in total. The molecule has 0 aromatic heterocycles. The van der Waals surface area contributed by atoms with Crippen molar-refractivity contribution in [3.63, 3.8) is 0 Å². The van der Waals surface area contributed by atoms with Gasteiger partial charge in [0.15, 0.2) is 0 Å². The van der Waals surface area contributed by atoms with Crippen LogP contribution >= 0.6 is 11.6 Å². The van der Waals surface area contributed by atoms with Crippen molar-refractivity contribution in [3.05, 3.63) is 28.8 Å². The van der Waals surface area contributed by atoms with Crippen LogP contribution in [0.2, 0.25) is 5.02 Å². The fraction of sp³-hybridized carbons (Fsp3) is 0.533. The molecule has 1 aliphatic rings. The number of benzene rings is 1. The molecule has 2 rings (SSSR count). The average Bonchev–Trinajstić information content (AvgIpc) is 2.38. The van der Waals surface area contributed by atoms with Crippen molar-refractivity contribution >= 4 is 23.2 Å². The van der Waals surface area contributed by atoms with Gasteiger partial charge >= 0.3 is 0 Å². The molecule has 1 fully saturated rings. The quantitative estimate of drug-likeness (QED) is 0.799. The Balaban J connectivity index is 1.86. The summed E-state index contributed by atoms with van der Waals surface area (Å²) in [5.41, 5.74) is 1.53. The summed E-state index contributed by atoms with van der Waals surface area (Å²) in [6, 6.07) is 5.58. The number of aliphatic hydroxyl groups is 1. The first-order valence-electron chi connectivity index (χ1n) is 6.78. The standard InChI is InChI=1S/C15H21ClN2O2/c1-9-4-5-10(16)6-11(9)18-14(20)8-17-12-7-13(19)15(12,2)3/h4-6,12-13,17,19H,7-8H2,1-3H3,(H,18,20). The van der Waals surface area contributed by atoms with Gasteiger partial charge in [0.05, 0.1) is 12.6 Å². The van der Waals surface area contributed by atoms with Gasteiger partial charge in [0.1, 0.15) is 0 Å². The van der Waals surface area contributed by atoms with Gasteiger partial charge < -0.3 is 15.7 Å². The van der Waals surface area contributed by atoms with E-state index in [9.17, 15) is 9.90 Å². The van der Waals surface area contributed by atoms with Gasteiger partial charge in [-0.3, -0.25) is 4.79 Å². The van der Waals surface area contributed by atoms with Gasteiger partial charge in [-0.25, -0.2) is 0 Å². The molecule has 1 aromatic carbocycles. The molecule has 110 valence electrons. The van der Waals surface area contributed by atoms with Gasteiger partial charge in [0.2, 0.25) is 5.91 Å². The molecule has 20 heavy (non-hydrogen) atoms. The highest BCUT2D eigenvalue weighted by molar-refractivity contribution is 6.31. The molecule has 3 N–H and O–H groups in total. The zero-order valence-corrected chi connectivity index (χ0v) is 12.8. The average molecular weight is 297 g/mol. The number of carbonyl (C=O) groups excluding carboxylic acids is 1. The summed E-state index contributed by atoms with van der Waals surface area (Å²) < 4.78 is 0. The molecule has 0 spiro atoms. The summed E-state index contributed by atoms with van der Waals surface area (Å²) in [6.45, 7) is 6.15. The van der Waals surface area contributed by atoms with Crippen molar-refractivity contribution in [1.82, 2.24) is 5.32 Å². The van der Waals surface area contributed by atoms with Crippen LogP contribution in [-0.4, -0.2) is 29.7 Å². The molecule has 2 atom stereocenters. The Bertz CT molecular complexity index is 517. The van der Waals surface area contributed by atoms with Crippen molar-refractivity contribution in [1.29, 1.82) is 0 Å². The fourth-order valence-corrected chi connectivity index (χ4v) is 2.56. The van der Waals surface area contributed by atoms with E-state index in [2.05, 4.69) is 10.6 Å². The first-order chi connectivity index (χ1) is 9.30. The largest absolute Gasteiger partial charge is 0.392 e. The summed E-state index contributed by atoms with van der Waals surface area (Å²) in [4.78, 5) is 11.9. The first kappa shape index (κ1) is 15.3. The first-order valence-corrected chi connectivity index (χ1v) is 7.16. The molecule has 0 bridgehead atoms. The molecular formula is C15H21ClN2O2. The number of hydrogen-bond donors (Lipinski definition) is 3. The lowest BCUT2D eigenvalue weighted by Crippen LogP contribution is -2.60. The Morgan fingerprint density at radius 2 is 2.20 bits per heavy atom. The third kappa shape index (κ3) is 3.14. The van der Waals surface area contributed by atoms with Gasteiger partial charge in [0.25, 0.3) is 0 Å². The minimum atomic E-state index is -0.293. The fourth-order valence-electron chi connectivity index (χ4n) is 2.39. The number of hydrogen-bond acceptors (Lipinski definition) is 3. The van der Waals surface area contributed by atoms with Crippen LogP contribution < -0.4 is 10.6 Å². The van der Waals surface area contributed by atoms with Crippen LogP contribution in [-0.2, 0) is 4.79 Å². The highest BCUT2D eigenvalue weighted by Gasteiger charge is 2.46. The molecular weight excluding hydrogens is 276 g/mol. The van der Waals surface area contributed by atoms with Crippen LogP contribution in [0.25, 0.3) is 0 Å². The molecule has 5 heteroatoms. The monoisotopic (exact) mass is 296 g/mol. The maximum Gasteiger partial charge on any atom is 0.238 e. The van der Waals surface area contributed by atoms with E-state index in [4.69, 9.17) is 11.6 Å². The highest BCUT2D eigenvalue weighted by atomic mass is 35.5. The number of carbonyl (C=O) groups is 1. The third-order valence-electron chi connectivity index (χ3n) is 4.20. The molecule has 2 unspecified atom stereocenters. The van der Waals surface area contributed by atoms with E-state index in [0.717, 1.165) is 11.3 Å². The topological polar surface area (TPSA) is 61.4 Å². The maximum atomic E-state index is 11.9. The van der Waals surface area contributed by atoms with E-state index < -0.39 is 0 Å². The van der Waals surface area contributed by atoms with Crippen molar-refractivity contribution < 1.29 is 9.90 Å². The number of nitrogens with one attached hydrogen (secondary N) is 2. The second kappa shape index (κ2) is 5.72. The molecule has 1 aromatic rings. The zero-order chi connectivity index (χ0) is 14.9. The molecule has 0 heterocycles. The Morgan fingerprint density at radius 1 is 1.50 bits per heavy atom. The van der Waals surface area contributed by atoms with E-state index in [1.165, 1.54) is 0 Å². The predicted molar refractivity (Wildman–Crippen MR) is 81.0 cm³/mol. The van der Waals surface area contributed by atoms with Crippen molar-refractivity contribution in [2.45, 2.75) is 39.3 Å². The highest BCUT2D eigenvalue weighted by Crippen LogP contribution is 2.40. The van der Waals surface area contributed by atoms with E-state index in [1.54, 1.807) is 12.1 Å². The number of anilines is 1. The zero-order valence-electron chi connectivity index (χ0n) is 12.0. The van der Waals surface area contributed by atoms with Crippen LogP contribution in [0.3, 0.4) is 0 Å². The van der Waals surface area contributed by atoms with E-state index in [1.807, 2.05) is 26.8 Å². The van der Waals surface area contributed by atoms with Gasteiger partial charge in [-0.15, -0.1) is 0 Å². The number of amides is 1. The normalized spacial score (nSPS) is 24.1. The smallest absolute Gasteiger partial charge is 0.238 e. The van der Waals surface area contributed by atoms with Gasteiger partial charge in [0, 0.05) is 22.2 Å². The van der Waals surface area contributed by atoms with Gasteiger partial charge in [-0.05, 0) is 31.0 Å². The third-order valence-corrected chi connectivity index (χ3v) is 4.43. The van der Waals surface area contributed by atoms with Crippen molar-refractivity contribution in [2.24, 2.45) is 5.41 Å². The second-order valence-electron chi connectivity index (χ2n) is 6.01. The van der Waals surface area contributed by atoms with Crippen LogP contribution in [0.5, 0.6) is 0 Å². The number of rotatable bonds is 4. The van der Waals surface area contributed by atoms with Crippen molar-refractivity contribution in [2.75, 3.05) is 11.9 Å². The summed E-state index contributed by atoms with van der Waals surface area (Å²) in [7, 11) is 0. The molecule has 1 saturated carbocycles. The summed E-state index contributed by atoms with van der Waals surface area (Å²) in [5, 5.41) is 16.3. The van der Waals surface area contributed by atoms with Crippen LogP contribution in [0, 0.1) is 12.3 Å². The Hall–Kier alpha value is -1.10. The minimum Gasteiger partial charge on any atom is -0.392 e. The molecule has 1 amide bonds. The second-order valence-corrected chi connectivity index (χ2v) is 6.45.